The summed E-state index contributed by atoms with van der Waals surface area (Å²) < 4.78 is 5.26. The van der Waals surface area contributed by atoms with Gasteiger partial charge in [0.05, 0.1) is 6.61 Å². The lowest BCUT2D eigenvalue weighted by molar-refractivity contribution is -0.0625. The minimum Gasteiger partial charge on any atom is -0.365 e. The third-order valence-electron chi connectivity index (χ3n) is 4.66. The number of hydrogen-bond acceptors (Lipinski definition) is 3. The first kappa shape index (κ1) is 19.9. The van der Waals surface area contributed by atoms with Crippen LogP contribution in [-0.2, 0) is 11.2 Å². The number of nitrogens with zero attached hydrogens (tertiary/aromatic N) is 1. The standard InChI is InChI=1S/C25H27NO2/c1-4-25(27)28-18-17-21-9-15-24(16-10-21)26(22-11-5-19(2)6-12-22)23-13-7-20(3)8-14-23/h4-16,25,27H,1,17-18H2,2-3H3. The maximum Gasteiger partial charge on any atom is 0.173 e. The minimum absolute atomic E-state index is 0.451. The second-order valence-corrected chi connectivity index (χ2v) is 6.92. The summed E-state index contributed by atoms with van der Waals surface area (Å²) in [6.45, 7) is 8.15. The molecule has 0 aromatic heterocycles. The lowest BCUT2D eigenvalue weighted by Gasteiger charge is -2.26. The van der Waals surface area contributed by atoms with Crippen LogP contribution in [0.1, 0.15) is 16.7 Å². The summed E-state index contributed by atoms with van der Waals surface area (Å²) in [7, 11) is 0. The van der Waals surface area contributed by atoms with Crippen LogP contribution in [0.15, 0.2) is 85.5 Å². The van der Waals surface area contributed by atoms with Crippen LogP contribution in [0.5, 0.6) is 0 Å². The van der Waals surface area contributed by atoms with Crippen LogP contribution in [0, 0.1) is 13.8 Å². The van der Waals surface area contributed by atoms with E-state index in [1.807, 2.05) is 0 Å². The van der Waals surface area contributed by atoms with Crippen molar-refractivity contribution in [2.24, 2.45) is 0 Å². The SMILES string of the molecule is C=CC(O)OCCc1ccc(N(c2ccc(C)cc2)c2ccc(C)cc2)cc1. The van der Waals surface area contributed by atoms with E-state index in [1.165, 1.54) is 17.2 Å². The highest BCUT2D eigenvalue weighted by molar-refractivity contribution is 5.76. The zero-order valence-corrected chi connectivity index (χ0v) is 16.5. The Morgan fingerprint density at radius 3 is 1.68 bits per heavy atom. The predicted molar refractivity (Wildman–Crippen MR) is 116 cm³/mol. The zero-order chi connectivity index (χ0) is 19.9. The van der Waals surface area contributed by atoms with Gasteiger partial charge in [-0.3, -0.25) is 0 Å². The fourth-order valence-electron chi connectivity index (χ4n) is 3.01. The molecule has 0 saturated heterocycles. The number of aryl methyl sites for hydroxylation is 2. The Hall–Kier alpha value is -2.88. The summed E-state index contributed by atoms with van der Waals surface area (Å²) in [6, 6.07) is 25.6. The first-order valence-corrected chi connectivity index (χ1v) is 9.51. The molecular weight excluding hydrogens is 346 g/mol. The first-order valence-electron chi connectivity index (χ1n) is 9.51. The van der Waals surface area contributed by atoms with E-state index < -0.39 is 6.29 Å². The van der Waals surface area contributed by atoms with Crippen molar-refractivity contribution in [2.45, 2.75) is 26.6 Å². The predicted octanol–water partition coefficient (Wildman–Crippen LogP) is 5.84. The number of ether oxygens (including phenoxy) is 1. The zero-order valence-electron chi connectivity index (χ0n) is 16.5. The lowest BCUT2D eigenvalue weighted by atomic mass is 10.1. The monoisotopic (exact) mass is 373 g/mol. The van der Waals surface area contributed by atoms with E-state index in [0.29, 0.717) is 6.61 Å². The highest BCUT2D eigenvalue weighted by atomic mass is 16.6. The summed E-state index contributed by atoms with van der Waals surface area (Å²) in [5, 5.41) is 9.40. The first-order chi connectivity index (χ1) is 13.6. The second-order valence-electron chi connectivity index (χ2n) is 6.92. The van der Waals surface area contributed by atoms with Crippen molar-refractivity contribution in [1.29, 1.82) is 0 Å². The fraction of sp³-hybridized carbons (Fsp3) is 0.200. The summed E-state index contributed by atoms with van der Waals surface area (Å²) in [4.78, 5) is 2.25. The molecule has 0 bridgehead atoms. The van der Waals surface area contributed by atoms with Gasteiger partial charge < -0.3 is 14.7 Å². The Bertz CT molecular complexity index is 838. The minimum atomic E-state index is -0.905. The molecular formula is C25H27NO2. The van der Waals surface area contributed by atoms with Crippen molar-refractivity contribution in [3.05, 3.63) is 102 Å². The summed E-state index contributed by atoms with van der Waals surface area (Å²) >= 11 is 0. The Balaban J connectivity index is 1.84. The largest absolute Gasteiger partial charge is 0.365 e. The lowest BCUT2D eigenvalue weighted by Crippen LogP contribution is -2.11. The van der Waals surface area contributed by atoms with Crippen molar-refractivity contribution in [1.82, 2.24) is 0 Å². The van der Waals surface area contributed by atoms with Gasteiger partial charge in [-0.1, -0.05) is 54.1 Å². The molecule has 3 aromatic carbocycles. The summed E-state index contributed by atoms with van der Waals surface area (Å²) in [5.74, 6) is 0. The van der Waals surface area contributed by atoms with Gasteiger partial charge in [-0.25, -0.2) is 0 Å². The molecule has 0 fully saturated rings. The molecule has 0 heterocycles. The molecule has 3 rings (SSSR count). The molecule has 1 unspecified atom stereocenters. The van der Waals surface area contributed by atoms with Crippen LogP contribution in [0.3, 0.4) is 0 Å². The van der Waals surface area contributed by atoms with Gasteiger partial charge in [0.1, 0.15) is 0 Å². The molecule has 1 N–H and O–H groups in total. The molecule has 1 atom stereocenters. The topological polar surface area (TPSA) is 32.7 Å². The molecule has 0 aliphatic heterocycles. The number of aliphatic hydroxyl groups is 1. The van der Waals surface area contributed by atoms with Crippen LogP contribution >= 0.6 is 0 Å². The molecule has 0 amide bonds. The van der Waals surface area contributed by atoms with Gasteiger partial charge in [-0.15, -0.1) is 0 Å². The molecule has 0 aliphatic carbocycles. The van der Waals surface area contributed by atoms with Crippen LogP contribution in [-0.4, -0.2) is 18.0 Å². The summed E-state index contributed by atoms with van der Waals surface area (Å²) in [5.41, 5.74) is 6.99. The number of hydrogen-bond donors (Lipinski definition) is 1. The highest BCUT2D eigenvalue weighted by Crippen LogP contribution is 2.34. The number of aliphatic hydroxyl groups excluding tert-OH is 1. The highest BCUT2D eigenvalue weighted by Gasteiger charge is 2.12. The third-order valence-corrected chi connectivity index (χ3v) is 4.66. The third kappa shape index (κ3) is 5.10. The quantitative estimate of drug-likeness (QED) is 0.398. The van der Waals surface area contributed by atoms with E-state index in [2.05, 4.69) is 98.1 Å². The fourth-order valence-corrected chi connectivity index (χ4v) is 3.01. The van der Waals surface area contributed by atoms with E-state index >= 15 is 0 Å². The van der Waals surface area contributed by atoms with Crippen molar-refractivity contribution >= 4 is 17.1 Å². The average Bonchev–Trinajstić information content (AvgIpc) is 2.72. The van der Waals surface area contributed by atoms with Gasteiger partial charge in [-0.05, 0) is 68.3 Å². The Morgan fingerprint density at radius 1 is 0.821 bits per heavy atom. The van der Waals surface area contributed by atoms with Crippen LogP contribution in [0.4, 0.5) is 17.1 Å². The summed E-state index contributed by atoms with van der Waals surface area (Å²) in [6.07, 6.45) is 1.21. The number of rotatable bonds is 8. The van der Waals surface area contributed by atoms with Gasteiger partial charge in [0.15, 0.2) is 6.29 Å². The van der Waals surface area contributed by atoms with Crippen LogP contribution < -0.4 is 4.90 Å². The Morgan fingerprint density at radius 2 is 1.25 bits per heavy atom. The molecule has 0 saturated carbocycles. The maximum atomic E-state index is 9.40. The molecule has 144 valence electrons. The van der Waals surface area contributed by atoms with E-state index in [9.17, 15) is 5.11 Å². The normalized spacial score (nSPS) is 11.8. The smallest absolute Gasteiger partial charge is 0.173 e. The van der Waals surface area contributed by atoms with E-state index in [4.69, 9.17) is 4.74 Å². The van der Waals surface area contributed by atoms with Crippen molar-refractivity contribution < 1.29 is 9.84 Å². The molecule has 3 heteroatoms. The van der Waals surface area contributed by atoms with Gasteiger partial charge in [-0.2, -0.15) is 0 Å². The van der Waals surface area contributed by atoms with Gasteiger partial charge >= 0.3 is 0 Å². The van der Waals surface area contributed by atoms with E-state index in [-0.39, 0.29) is 0 Å². The number of anilines is 3. The Kier molecular flexibility index (Phi) is 6.64. The van der Waals surface area contributed by atoms with Crippen molar-refractivity contribution in [3.8, 4) is 0 Å². The second kappa shape index (κ2) is 9.36. The molecule has 0 radical (unpaired) electrons. The molecule has 0 aliphatic rings. The Labute approximate surface area is 167 Å². The van der Waals surface area contributed by atoms with E-state index in [1.54, 1.807) is 0 Å². The molecule has 0 spiro atoms. The van der Waals surface area contributed by atoms with Crippen LogP contribution in [0.25, 0.3) is 0 Å². The van der Waals surface area contributed by atoms with Gasteiger partial charge in [0, 0.05) is 17.1 Å². The molecule has 3 nitrogen and oxygen atoms in total. The average molecular weight is 373 g/mol. The van der Waals surface area contributed by atoms with Crippen molar-refractivity contribution in [2.75, 3.05) is 11.5 Å². The molecule has 3 aromatic rings. The van der Waals surface area contributed by atoms with Crippen LogP contribution in [0.2, 0.25) is 0 Å². The van der Waals surface area contributed by atoms with Gasteiger partial charge in [0.25, 0.3) is 0 Å². The molecule has 28 heavy (non-hydrogen) atoms. The maximum absolute atomic E-state index is 9.40. The number of benzene rings is 3. The van der Waals surface area contributed by atoms with Crippen molar-refractivity contribution in [3.63, 3.8) is 0 Å². The van der Waals surface area contributed by atoms with E-state index in [0.717, 1.165) is 29.0 Å². The van der Waals surface area contributed by atoms with Gasteiger partial charge in [0.2, 0.25) is 0 Å².